The van der Waals surface area contributed by atoms with Gasteiger partial charge in [0.1, 0.15) is 17.5 Å². The highest BCUT2D eigenvalue weighted by molar-refractivity contribution is 7.98. The monoisotopic (exact) mass is 370 g/mol. The van der Waals surface area contributed by atoms with Crippen molar-refractivity contribution in [2.24, 2.45) is 0 Å². The molecule has 1 aliphatic rings. The molecule has 0 bridgehead atoms. The molecule has 0 spiro atoms. The van der Waals surface area contributed by atoms with Gasteiger partial charge in [-0.3, -0.25) is 0 Å². The highest BCUT2D eigenvalue weighted by atomic mass is 32.2. The number of rotatable bonds is 3. The summed E-state index contributed by atoms with van der Waals surface area (Å²) in [6, 6.07) is 2.85. The zero-order valence-electron chi connectivity index (χ0n) is 13.8. The van der Waals surface area contributed by atoms with Crippen LogP contribution in [-0.2, 0) is 6.18 Å². The third-order valence-corrected chi connectivity index (χ3v) is 4.40. The number of halogens is 3. The Bertz CT molecular complexity index is 746. The van der Waals surface area contributed by atoms with Crippen molar-refractivity contribution in [3.05, 3.63) is 29.8 Å². The van der Waals surface area contributed by atoms with Gasteiger partial charge in [-0.25, -0.2) is 19.9 Å². The summed E-state index contributed by atoms with van der Waals surface area (Å²) in [7, 11) is 0. The number of aromatic nitrogens is 4. The molecule has 0 radical (unpaired) electrons. The SMILES string of the molecule is CSc1nc(N2CCN(c3ccnc(C)n3)CC2)cc(C(F)(F)F)n1. The van der Waals surface area contributed by atoms with Gasteiger partial charge in [-0.05, 0) is 19.2 Å². The number of hydrogen-bond donors (Lipinski definition) is 0. The van der Waals surface area contributed by atoms with Crippen LogP contribution < -0.4 is 9.80 Å². The van der Waals surface area contributed by atoms with Gasteiger partial charge in [0.2, 0.25) is 0 Å². The second-order valence-corrected chi connectivity index (χ2v) is 6.31. The van der Waals surface area contributed by atoms with Crippen molar-refractivity contribution in [1.82, 2.24) is 19.9 Å². The van der Waals surface area contributed by atoms with E-state index >= 15 is 0 Å². The van der Waals surface area contributed by atoms with Crippen LogP contribution in [0.15, 0.2) is 23.5 Å². The number of thioether (sulfide) groups is 1. The van der Waals surface area contributed by atoms with Crippen LogP contribution in [-0.4, -0.2) is 52.4 Å². The summed E-state index contributed by atoms with van der Waals surface area (Å²) in [5.74, 6) is 1.83. The lowest BCUT2D eigenvalue weighted by atomic mass is 10.3. The Kier molecular flexibility index (Phi) is 4.98. The van der Waals surface area contributed by atoms with Crippen LogP contribution in [0, 0.1) is 6.92 Å². The van der Waals surface area contributed by atoms with Crippen molar-refractivity contribution in [3.8, 4) is 0 Å². The molecule has 25 heavy (non-hydrogen) atoms. The van der Waals surface area contributed by atoms with Crippen molar-refractivity contribution in [2.75, 3.05) is 42.2 Å². The predicted molar refractivity (Wildman–Crippen MR) is 90.0 cm³/mol. The van der Waals surface area contributed by atoms with Crippen molar-refractivity contribution >= 4 is 23.4 Å². The zero-order chi connectivity index (χ0) is 18.0. The topological polar surface area (TPSA) is 58.0 Å². The summed E-state index contributed by atoms with van der Waals surface area (Å²) in [5.41, 5.74) is -0.907. The molecule has 0 N–H and O–H groups in total. The lowest BCUT2D eigenvalue weighted by Crippen LogP contribution is -2.47. The van der Waals surface area contributed by atoms with Gasteiger partial charge >= 0.3 is 6.18 Å². The standard InChI is InChI=1S/C15H17F3N6S/c1-10-19-4-3-12(20-10)23-5-7-24(8-6-23)13-9-11(15(16,17)18)21-14(22-13)25-2/h3-4,9H,5-8H2,1-2H3. The Labute approximate surface area is 147 Å². The fraction of sp³-hybridized carbons (Fsp3) is 0.467. The molecule has 3 heterocycles. The number of aryl methyl sites for hydroxylation is 1. The van der Waals surface area contributed by atoms with Gasteiger partial charge in [0, 0.05) is 38.4 Å². The maximum absolute atomic E-state index is 13.0. The Morgan fingerprint density at radius 1 is 1.00 bits per heavy atom. The van der Waals surface area contributed by atoms with E-state index in [4.69, 9.17) is 0 Å². The molecule has 6 nitrogen and oxygen atoms in total. The van der Waals surface area contributed by atoms with Crippen molar-refractivity contribution < 1.29 is 13.2 Å². The van der Waals surface area contributed by atoms with Gasteiger partial charge in [0.25, 0.3) is 0 Å². The average molecular weight is 370 g/mol. The summed E-state index contributed by atoms with van der Waals surface area (Å²) in [6.07, 6.45) is -1.12. The first kappa shape index (κ1) is 17.7. The number of nitrogens with zero attached hydrogens (tertiary/aromatic N) is 6. The quantitative estimate of drug-likeness (QED) is 0.608. The molecule has 10 heteroatoms. The van der Waals surface area contributed by atoms with E-state index in [2.05, 4.69) is 24.8 Å². The molecule has 0 saturated carbocycles. The lowest BCUT2D eigenvalue weighted by molar-refractivity contribution is -0.141. The largest absolute Gasteiger partial charge is 0.433 e. The first-order valence-electron chi connectivity index (χ1n) is 7.66. The fourth-order valence-corrected chi connectivity index (χ4v) is 2.97. The number of hydrogen-bond acceptors (Lipinski definition) is 7. The third-order valence-electron chi connectivity index (χ3n) is 3.85. The van der Waals surface area contributed by atoms with Crippen LogP contribution in [0.1, 0.15) is 11.5 Å². The molecule has 2 aromatic heterocycles. The molecule has 1 aliphatic heterocycles. The molecule has 1 fully saturated rings. The van der Waals surface area contributed by atoms with E-state index in [1.54, 1.807) is 12.5 Å². The van der Waals surface area contributed by atoms with Gasteiger partial charge in [0.15, 0.2) is 10.9 Å². The smallest absolute Gasteiger partial charge is 0.353 e. The van der Waals surface area contributed by atoms with E-state index in [-0.39, 0.29) is 5.16 Å². The summed E-state index contributed by atoms with van der Waals surface area (Å²) < 4.78 is 39.1. The van der Waals surface area contributed by atoms with E-state index in [1.165, 1.54) is 0 Å². The summed E-state index contributed by atoms with van der Waals surface area (Å²) in [5, 5.41) is 0.124. The van der Waals surface area contributed by atoms with Gasteiger partial charge in [0.05, 0.1) is 0 Å². The number of alkyl halides is 3. The van der Waals surface area contributed by atoms with Crippen molar-refractivity contribution in [1.29, 1.82) is 0 Å². The zero-order valence-corrected chi connectivity index (χ0v) is 14.6. The first-order valence-corrected chi connectivity index (χ1v) is 8.89. The molecular formula is C15H17F3N6S. The predicted octanol–water partition coefficient (Wildman–Crippen LogP) is 2.64. The molecule has 0 aromatic carbocycles. The normalized spacial score (nSPS) is 15.6. The highest BCUT2D eigenvalue weighted by Gasteiger charge is 2.34. The molecule has 1 saturated heterocycles. The Morgan fingerprint density at radius 2 is 1.64 bits per heavy atom. The van der Waals surface area contributed by atoms with Crippen molar-refractivity contribution in [2.45, 2.75) is 18.3 Å². The van der Waals surface area contributed by atoms with Crippen LogP contribution in [0.5, 0.6) is 0 Å². The van der Waals surface area contributed by atoms with E-state index < -0.39 is 11.9 Å². The molecule has 0 aliphatic carbocycles. The lowest BCUT2D eigenvalue weighted by Gasteiger charge is -2.36. The number of anilines is 2. The minimum absolute atomic E-state index is 0.124. The second-order valence-electron chi connectivity index (χ2n) is 5.53. The number of piperazine rings is 1. The van der Waals surface area contributed by atoms with E-state index in [1.807, 2.05) is 17.9 Å². The van der Waals surface area contributed by atoms with Crippen molar-refractivity contribution in [3.63, 3.8) is 0 Å². The molecule has 0 atom stereocenters. The molecule has 134 valence electrons. The third kappa shape index (κ3) is 4.12. The van der Waals surface area contributed by atoms with Crippen LogP contribution in [0.3, 0.4) is 0 Å². The van der Waals surface area contributed by atoms with Gasteiger partial charge in [-0.1, -0.05) is 11.8 Å². The first-order chi connectivity index (χ1) is 11.9. The van der Waals surface area contributed by atoms with Crippen LogP contribution in [0.25, 0.3) is 0 Å². The molecule has 3 rings (SSSR count). The van der Waals surface area contributed by atoms with E-state index in [0.29, 0.717) is 37.8 Å². The molecular weight excluding hydrogens is 353 g/mol. The van der Waals surface area contributed by atoms with Crippen LogP contribution >= 0.6 is 11.8 Å². The Morgan fingerprint density at radius 3 is 2.20 bits per heavy atom. The Hall–Kier alpha value is -2.10. The van der Waals surface area contributed by atoms with Gasteiger partial charge in [-0.2, -0.15) is 13.2 Å². The maximum Gasteiger partial charge on any atom is 0.433 e. The van der Waals surface area contributed by atoms with Crippen LogP contribution in [0.4, 0.5) is 24.8 Å². The summed E-state index contributed by atoms with van der Waals surface area (Å²) in [4.78, 5) is 20.2. The van der Waals surface area contributed by atoms with Crippen LogP contribution in [0.2, 0.25) is 0 Å². The minimum Gasteiger partial charge on any atom is -0.353 e. The summed E-state index contributed by atoms with van der Waals surface area (Å²) in [6.45, 7) is 4.24. The van der Waals surface area contributed by atoms with E-state index in [0.717, 1.165) is 23.6 Å². The second kappa shape index (κ2) is 7.03. The average Bonchev–Trinajstić information content (AvgIpc) is 2.60. The summed E-state index contributed by atoms with van der Waals surface area (Å²) >= 11 is 1.10. The molecule has 2 aromatic rings. The highest BCUT2D eigenvalue weighted by Crippen LogP contribution is 2.31. The van der Waals surface area contributed by atoms with Gasteiger partial charge < -0.3 is 9.80 Å². The Balaban J connectivity index is 1.76. The fourth-order valence-electron chi connectivity index (χ4n) is 2.60. The molecule has 0 unspecified atom stereocenters. The van der Waals surface area contributed by atoms with Gasteiger partial charge in [-0.15, -0.1) is 0 Å². The minimum atomic E-state index is -4.48. The maximum atomic E-state index is 13.0. The van der Waals surface area contributed by atoms with E-state index in [9.17, 15) is 13.2 Å². The molecule has 0 amide bonds.